The number of nitrogens with one attached hydrogen (secondary N) is 2. The van der Waals surface area contributed by atoms with Gasteiger partial charge in [0.25, 0.3) is 0 Å². The predicted molar refractivity (Wildman–Crippen MR) is 94.1 cm³/mol. The van der Waals surface area contributed by atoms with Crippen molar-refractivity contribution in [1.82, 2.24) is 4.72 Å². The Hall–Kier alpha value is -1.05. The molecule has 0 aromatic heterocycles. The van der Waals surface area contributed by atoms with E-state index in [9.17, 15) is 8.42 Å². The maximum absolute atomic E-state index is 12.5. The van der Waals surface area contributed by atoms with E-state index in [2.05, 4.69) is 15.0 Å². The van der Waals surface area contributed by atoms with Crippen LogP contribution in [0.4, 0.5) is 5.69 Å². The van der Waals surface area contributed by atoms with Gasteiger partial charge in [0.2, 0.25) is 10.0 Å². The number of amidine groups is 1. The Balaban J connectivity index is 2.13. The molecule has 1 aromatic carbocycles. The number of aliphatic imine (C=N–C) groups is 1. The highest BCUT2D eigenvalue weighted by Gasteiger charge is 2.22. The van der Waals surface area contributed by atoms with Crippen molar-refractivity contribution in [2.45, 2.75) is 43.0 Å². The van der Waals surface area contributed by atoms with Crippen LogP contribution in [-0.4, -0.2) is 32.9 Å². The fourth-order valence-corrected chi connectivity index (χ4v) is 4.32. The predicted octanol–water partition coefficient (Wildman–Crippen LogP) is 3.06. The topological polar surface area (TPSA) is 70.6 Å². The monoisotopic (exact) mass is 341 g/mol. The molecule has 7 heteroatoms. The Morgan fingerprint density at radius 3 is 2.64 bits per heavy atom. The number of benzene rings is 1. The lowest BCUT2D eigenvalue weighted by Crippen LogP contribution is -2.36. The number of anilines is 1. The third kappa shape index (κ3) is 4.72. The van der Waals surface area contributed by atoms with Crippen molar-refractivity contribution in [2.75, 3.05) is 18.6 Å². The molecule has 0 amide bonds. The molecule has 0 heterocycles. The van der Waals surface area contributed by atoms with Crippen LogP contribution < -0.4 is 10.0 Å². The third-order valence-corrected chi connectivity index (χ3v) is 5.91. The summed E-state index contributed by atoms with van der Waals surface area (Å²) in [6.45, 7) is 0. The standard InChI is InChI=1S/C15H23N3O2S2/c1-16-15(21-2)17-13-9-6-10-14(11-13)22(19,20)18-12-7-4-3-5-8-12/h6,9-12,18H,3-5,7-8H2,1-2H3,(H,16,17). The van der Waals surface area contributed by atoms with Crippen LogP contribution in [0.25, 0.3) is 0 Å². The van der Waals surface area contributed by atoms with Crippen molar-refractivity contribution in [3.63, 3.8) is 0 Å². The smallest absolute Gasteiger partial charge is 0.240 e. The quantitative estimate of drug-likeness (QED) is 0.652. The number of hydrogen-bond donors (Lipinski definition) is 2. The normalized spacial score (nSPS) is 17.5. The highest BCUT2D eigenvalue weighted by Crippen LogP contribution is 2.21. The Morgan fingerprint density at radius 1 is 1.27 bits per heavy atom. The molecule has 2 rings (SSSR count). The molecule has 0 aliphatic heterocycles. The fourth-order valence-electron chi connectivity index (χ4n) is 2.57. The van der Waals surface area contributed by atoms with Crippen LogP contribution in [0.15, 0.2) is 34.2 Å². The minimum absolute atomic E-state index is 0.0642. The lowest BCUT2D eigenvalue weighted by atomic mass is 9.96. The van der Waals surface area contributed by atoms with Gasteiger partial charge in [-0.2, -0.15) is 0 Å². The van der Waals surface area contributed by atoms with E-state index in [1.165, 1.54) is 18.2 Å². The van der Waals surface area contributed by atoms with Gasteiger partial charge >= 0.3 is 0 Å². The maximum Gasteiger partial charge on any atom is 0.240 e. The highest BCUT2D eigenvalue weighted by molar-refractivity contribution is 8.13. The number of nitrogens with zero attached hydrogens (tertiary/aromatic N) is 1. The van der Waals surface area contributed by atoms with Crippen molar-refractivity contribution >= 4 is 32.6 Å². The van der Waals surface area contributed by atoms with Crippen LogP contribution in [-0.2, 0) is 10.0 Å². The van der Waals surface area contributed by atoms with E-state index >= 15 is 0 Å². The van der Waals surface area contributed by atoms with Gasteiger partial charge in [0, 0.05) is 18.8 Å². The van der Waals surface area contributed by atoms with Gasteiger partial charge in [-0.15, -0.1) is 0 Å². The van der Waals surface area contributed by atoms with Crippen LogP contribution in [0.2, 0.25) is 0 Å². The Morgan fingerprint density at radius 2 is 2.00 bits per heavy atom. The summed E-state index contributed by atoms with van der Waals surface area (Å²) in [6, 6.07) is 6.91. The molecule has 5 nitrogen and oxygen atoms in total. The second-order valence-corrected chi connectivity index (χ2v) is 7.85. The molecular weight excluding hydrogens is 318 g/mol. The van der Waals surface area contributed by atoms with Gasteiger partial charge in [0.1, 0.15) is 0 Å². The van der Waals surface area contributed by atoms with Crippen LogP contribution in [0.1, 0.15) is 32.1 Å². The van der Waals surface area contributed by atoms with Crippen molar-refractivity contribution in [3.8, 4) is 0 Å². The van der Waals surface area contributed by atoms with Gasteiger partial charge in [-0.3, -0.25) is 4.99 Å². The number of thioether (sulfide) groups is 1. The van der Waals surface area contributed by atoms with Crippen LogP contribution >= 0.6 is 11.8 Å². The Kier molecular flexibility index (Phi) is 6.28. The molecule has 0 saturated heterocycles. The van der Waals surface area contributed by atoms with Gasteiger partial charge in [-0.1, -0.05) is 37.1 Å². The van der Waals surface area contributed by atoms with E-state index in [1.807, 2.05) is 12.3 Å². The first-order valence-electron chi connectivity index (χ1n) is 7.45. The molecule has 1 aliphatic rings. The van der Waals surface area contributed by atoms with Crippen LogP contribution in [0.3, 0.4) is 0 Å². The number of sulfonamides is 1. The lowest BCUT2D eigenvalue weighted by Gasteiger charge is -2.22. The molecule has 1 fully saturated rings. The van der Waals surface area contributed by atoms with Crippen molar-refractivity contribution in [3.05, 3.63) is 24.3 Å². The molecule has 1 aromatic rings. The molecule has 1 aliphatic carbocycles. The van der Waals surface area contributed by atoms with E-state index in [0.29, 0.717) is 4.90 Å². The molecular formula is C15H23N3O2S2. The molecule has 22 heavy (non-hydrogen) atoms. The fraction of sp³-hybridized carbons (Fsp3) is 0.533. The van der Waals surface area contributed by atoms with E-state index in [0.717, 1.165) is 36.5 Å². The van der Waals surface area contributed by atoms with Crippen molar-refractivity contribution in [1.29, 1.82) is 0 Å². The van der Waals surface area contributed by atoms with E-state index in [-0.39, 0.29) is 6.04 Å². The Bertz CT molecular complexity index is 623. The summed E-state index contributed by atoms with van der Waals surface area (Å²) in [4.78, 5) is 4.38. The maximum atomic E-state index is 12.5. The summed E-state index contributed by atoms with van der Waals surface area (Å²) in [5.74, 6) is 0. The van der Waals surface area contributed by atoms with E-state index in [1.54, 1.807) is 25.2 Å². The summed E-state index contributed by atoms with van der Waals surface area (Å²) >= 11 is 1.48. The number of hydrogen-bond acceptors (Lipinski definition) is 4. The largest absolute Gasteiger partial charge is 0.335 e. The lowest BCUT2D eigenvalue weighted by molar-refractivity contribution is 0.412. The van der Waals surface area contributed by atoms with Crippen LogP contribution in [0.5, 0.6) is 0 Å². The summed E-state index contributed by atoms with van der Waals surface area (Å²) in [5, 5.41) is 3.86. The second kappa shape index (κ2) is 7.99. The molecule has 1 saturated carbocycles. The number of rotatable bonds is 4. The third-order valence-electron chi connectivity index (χ3n) is 3.72. The SMILES string of the molecule is CN=C(Nc1cccc(S(=O)(=O)NC2CCCCC2)c1)SC. The molecule has 0 spiro atoms. The molecule has 0 bridgehead atoms. The first-order chi connectivity index (χ1) is 10.5. The van der Waals surface area contributed by atoms with Gasteiger partial charge in [-0.25, -0.2) is 13.1 Å². The van der Waals surface area contributed by atoms with Gasteiger partial charge in [0.15, 0.2) is 5.17 Å². The average molecular weight is 342 g/mol. The summed E-state index contributed by atoms with van der Waals surface area (Å²) in [6.07, 6.45) is 7.16. The molecule has 0 unspecified atom stereocenters. The van der Waals surface area contributed by atoms with Gasteiger partial charge in [-0.05, 0) is 37.3 Å². The average Bonchev–Trinajstić information content (AvgIpc) is 2.53. The van der Waals surface area contributed by atoms with Gasteiger partial charge in [0.05, 0.1) is 4.90 Å². The summed E-state index contributed by atoms with van der Waals surface area (Å²) in [7, 11) is -1.77. The van der Waals surface area contributed by atoms with Crippen molar-refractivity contribution < 1.29 is 8.42 Å². The summed E-state index contributed by atoms with van der Waals surface area (Å²) < 4.78 is 27.8. The van der Waals surface area contributed by atoms with E-state index < -0.39 is 10.0 Å². The molecule has 122 valence electrons. The zero-order valence-corrected chi connectivity index (χ0v) is 14.6. The summed E-state index contributed by atoms with van der Waals surface area (Å²) in [5.41, 5.74) is 0.724. The molecule has 2 N–H and O–H groups in total. The second-order valence-electron chi connectivity index (χ2n) is 5.34. The zero-order chi connectivity index (χ0) is 16.0. The Labute approximate surface area is 137 Å². The van der Waals surface area contributed by atoms with E-state index in [4.69, 9.17) is 0 Å². The highest BCUT2D eigenvalue weighted by atomic mass is 32.2. The van der Waals surface area contributed by atoms with Gasteiger partial charge < -0.3 is 5.32 Å². The molecule has 0 radical (unpaired) electrons. The van der Waals surface area contributed by atoms with Crippen LogP contribution in [0, 0.1) is 0 Å². The first-order valence-corrected chi connectivity index (χ1v) is 10.2. The van der Waals surface area contributed by atoms with Crippen molar-refractivity contribution in [2.24, 2.45) is 4.99 Å². The zero-order valence-electron chi connectivity index (χ0n) is 13.0. The minimum atomic E-state index is -3.47. The minimum Gasteiger partial charge on any atom is -0.335 e. The first kappa shape index (κ1) is 17.3. The molecule has 0 atom stereocenters.